The maximum atomic E-state index is 11.9. The van der Waals surface area contributed by atoms with Crippen LogP contribution in [0.2, 0.25) is 0 Å². The van der Waals surface area contributed by atoms with Crippen LogP contribution in [0.3, 0.4) is 0 Å². The van der Waals surface area contributed by atoms with Gasteiger partial charge in [0.1, 0.15) is 11.6 Å². The number of aromatic hydroxyl groups is 1. The molecule has 9 heteroatoms. The Balaban J connectivity index is 1.75. The number of hydrogen-bond acceptors (Lipinski definition) is 8. The summed E-state index contributed by atoms with van der Waals surface area (Å²) in [5.74, 6) is 1.22. The van der Waals surface area contributed by atoms with Gasteiger partial charge >= 0.3 is 5.97 Å². The maximum absolute atomic E-state index is 11.9. The fourth-order valence-corrected chi connectivity index (χ4v) is 5.14. The molecule has 0 amide bonds. The van der Waals surface area contributed by atoms with Gasteiger partial charge in [0.25, 0.3) is 0 Å². The first kappa shape index (κ1) is 19.7. The van der Waals surface area contributed by atoms with E-state index in [2.05, 4.69) is 15.0 Å². The van der Waals surface area contributed by atoms with Crippen molar-refractivity contribution in [2.45, 2.75) is 25.8 Å². The first-order valence-electron chi connectivity index (χ1n) is 9.53. The van der Waals surface area contributed by atoms with Gasteiger partial charge in [0, 0.05) is 5.56 Å². The van der Waals surface area contributed by atoms with Crippen LogP contribution in [0.5, 0.6) is 11.6 Å². The molecular weight excluding hydrogens is 392 g/mol. The summed E-state index contributed by atoms with van der Waals surface area (Å²) in [7, 11) is 3.08. The van der Waals surface area contributed by atoms with Gasteiger partial charge in [-0.15, -0.1) is 5.10 Å². The fraction of sp³-hybridized carbons (Fsp3) is 0.450. The van der Waals surface area contributed by atoms with E-state index in [-0.39, 0.29) is 23.8 Å². The highest BCUT2D eigenvalue weighted by Crippen LogP contribution is 2.43. The first-order chi connectivity index (χ1) is 14.0. The summed E-state index contributed by atoms with van der Waals surface area (Å²) in [6.45, 7) is 3.21. The van der Waals surface area contributed by atoms with Crippen molar-refractivity contribution in [3.63, 3.8) is 0 Å². The van der Waals surface area contributed by atoms with E-state index in [4.69, 9.17) is 9.47 Å². The Labute approximate surface area is 172 Å². The van der Waals surface area contributed by atoms with E-state index < -0.39 is 0 Å². The molecule has 1 N–H and O–H groups in total. The number of carbonyl (C=O) groups excluding carboxylic acids is 1. The SMILES string of the molecule is COC(=O)C1CCN([C@H](c2ccccc2OC)c2sc3nc(C)nn3c2O)CC1. The molecule has 3 aromatic rings. The van der Waals surface area contributed by atoms with Crippen molar-refractivity contribution in [2.75, 3.05) is 27.3 Å². The molecule has 29 heavy (non-hydrogen) atoms. The molecule has 8 nitrogen and oxygen atoms in total. The van der Waals surface area contributed by atoms with Gasteiger partial charge < -0.3 is 14.6 Å². The number of esters is 1. The summed E-state index contributed by atoms with van der Waals surface area (Å²) >= 11 is 1.42. The second-order valence-corrected chi connectivity index (χ2v) is 8.13. The predicted octanol–water partition coefficient (Wildman–Crippen LogP) is 2.79. The van der Waals surface area contributed by atoms with Gasteiger partial charge in [-0.3, -0.25) is 9.69 Å². The number of nitrogens with zero attached hydrogens (tertiary/aromatic N) is 4. The molecule has 3 heterocycles. The van der Waals surface area contributed by atoms with E-state index >= 15 is 0 Å². The largest absolute Gasteiger partial charge is 0.496 e. The summed E-state index contributed by atoms with van der Waals surface area (Å²) in [5.41, 5.74) is 0.961. The summed E-state index contributed by atoms with van der Waals surface area (Å²) < 4.78 is 12.0. The Morgan fingerprint density at radius 1 is 1.28 bits per heavy atom. The number of thiazole rings is 1. The summed E-state index contributed by atoms with van der Waals surface area (Å²) in [6, 6.07) is 7.59. The smallest absolute Gasteiger partial charge is 0.308 e. The zero-order chi connectivity index (χ0) is 20.5. The molecule has 4 rings (SSSR count). The number of benzene rings is 1. The Morgan fingerprint density at radius 3 is 2.66 bits per heavy atom. The zero-order valence-corrected chi connectivity index (χ0v) is 17.5. The minimum Gasteiger partial charge on any atom is -0.496 e. The number of likely N-dealkylation sites (tertiary alicyclic amines) is 1. The van der Waals surface area contributed by atoms with Gasteiger partial charge in [0.15, 0.2) is 0 Å². The lowest BCUT2D eigenvalue weighted by molar-refractivity contribution is -0.147. The van der Waals surface area contributed by atoms with Crippen LogP contribution in [0, 0.1) is 12.8 Å². The van der Waals surface area contributed by atoms with Crippen LogP contribution in [0.4, 0.5) is 0 Å². The normalized spacial score (nSPS) is 16.8. The number of methoxy groups -OCH3 is 2. The minimum atomic E-state index is -0.224. The average molecular weight is 417 g/mol. The average Bonchev–Trinajstić information content (AvgIpc) is 3.25. The highest BCUT2D eigenvalue weighted by molar-refractivity contribution is 7.17. The van der Waals surface area contributed by atoms with E-state index in [9.17, 15) is 9.90 Å². The number of aryl methyl sites for hydroxylation is 1. The second kappa shape index (κ2) is 8.00. The van der Waals surface area contributed by atoms with Gasteiger partial charge in [0.2, 0.25) is 10.8 Å². The molecule has 1 atom stereocenters. The van der Waals surface area contributed by atoms with Crippen molar-refractivity contribution in [3.8, 4) is 11.6 Å². The van der Waals surface area contributed by atoms with Gasteiger partial charge in [-0.1, -0.05) is 29.5 Å². The van der Waals surface area contributed by atoms with Crippen molar-refractivity contribution >= 4 is 22.3 Å². The van der Waals surface area contributed by atoms with E-state index in [1.807, 2.05) is 24.3 Å². The Hall–Kier alpha value is -2.65. The number of carbonyl (C=O) groups is 1. The molecule has 1 fully saturated rings. The molecule has 0 saturated carbocycles. The highest BCUT2D eigenvalue weighted by atomic mass is 32.1. The number of rotatable bonds is 5. The van der Waals surface area contributed by atoms with Crippen LogP contribution in [-0.4, -0.2) is 57.9 Å². The van der Waals surface area contributed by atoms with E-state index in [0.29, 0.717) is 36.7 Å². The Morgan fingerprint density at radius 2 is 2.00 bits per heavy atom. The lowest BCUT2D eigenvalue weighted by atomic mass is 9.93. The second-order valence-electron chi connectivity index (χ2n) is 7.12. The maximum Gasteiger partial charge on any atom is 0.308 e. The molecule has 1 aliphatic heterocycles. The molecule has 0 aliphatic carbocycles. The molecule has 0 unspecified atom stereocenters. The summed E-state index contributed by atoms with van der Waals surface area (Å²) in [6.07, 6.45) is 1.41. The number of hydrogen-bond donors (Lipinski definition) is 1. The van der Waals surface area contributed by atoms with E-state index in [0.717, 1.165) is 16.2 Å². The summed E-state index contributed by atoms with van der Waals surface area (Å²) in [4.78, 5) is 20.0. The number of piperidine rings is 1. The first-order valence-corrected chi connectivity index (χ1v) is 10.3. The molecule has 0 bridgehead atoms. The predicted molar refractivity (Wildman–Crippen MR) is 108 cm³/mol. The monoisotopic (exact) mass is 416 g/mol. The lowest BCUT2D eigenvalue weighted by Crippen LogP contribution is -2.39. The van der Waals surface area contributed by atoms with Crippen LogP contribution >= 0.6 is 11.3 Å². The number of fused-ring (bicyclic) bond motifs is 1. The molecule has 154 valence electrons. The van der Waals surface area contributed by atoms with Crippen molar-refractivity contribution in [1.82, 2.24) is 19.5 Å². The van der Waals surface area contributed by atoms with Gasteiger partial charge in [-0.05, 0) is 38.9 Å². The third-order valence-electron chi connectivity index (χ3n) is 5.42. The standard InChI is InChI=1S/C20H24N4O4S/c1-12-21-20-24(22-12)18(25)17(29-20)16(14-6-4-5-7-15(14)27-2)23-10-8-13(9-11-23)19(26)28-3/h4-7,13,16,25H,8-11H2,1-3H3/t16-/m1/s1. The summed E-state index contributed by atoms with van der Waals surface area (Å²) in [5, 5.41) is 15.2. The van der Waals surface area contributed by atoms with Gasteiger partial charge in [0.05, 0.1) is 31.1 Å². The van der Waals surface area contributed by atoms with Crippen molar-refractivity contribution in [2.24, 2.45) is 5.92 Å². The molecule has 1 aliphatic rings. The minimum absolute atomic E-state index is 0.0897. The number of para-hydroxylation sites is 1. The van der Waals surface area contributed by atoms with Crippen LogP contribution in [0.25, 0.3) is 4.96 Å². The zero-order valence-electron chi connectivity index (χ0n) is 16.7. The van der Waals surface area contributed by atoms with Crippen LogP contribution < -0.4 is 4.74 Å². The van der Waals surface area contributed by atoms with E-state index in [1.165, 1.54) is 23.0 Å². The Kier molecular flexibility index (Phi) is 5.42. The number of ether oxygens (including phenoxy) is 2. The molecule has 1 aromatic carbocycles. The fourth-order valence-electron chi connectivity index (χ4n) is 3.98. The molecule has 2 aromatic heterocycles. The lowest BCUT2D eigenvalue weighted by Gasteiger charge is -2.37. The van der Waals surface area contributed by atoms with Crippen molar-refractivity contribution in [1.29, 1.82) is 0 Å². The molecule has 0 radical (unpaired) electrons. The van der Waals surface area contributed by atoms with Crippen LogP contribution in [0.15, 0.2) is 24.3 Å². The van der Waals surface area contributed by atoms with E-state index in [1.54, 1.807) is 14.0 Å². The highest BCUT2D eigenvalue weighted by Gasteiger charge is 2.35. The van der Waals surface area contributed by atoms with Crippen LogP contribution in [-0.2, 0) is 9.53 Å². The molecule has 0 spiro atoms. The van der Waals surface area contributed by atoms with Crippen molar-refractivity contribution in [3.05, 3.63) is 40.5 Å². The molecule has 1 saturated heterocycles. The van der Waals surface area contributed by atoms with Gasteiger partial charge in [-0.25, -0.2) is 4.98 Å². The molecular formula is C20H24N4O4S. The van der Waals surface area contributed by atoms with Crippen LogP contribution in [0.1, 0.15) is 35.1 Å². The van der Waals surface area contributed by atoms with Gasteiger partial charge in [-0.2, -0.15) is 4.52 Å². The number of aromatic nitrogens is 3. The van der Waals surface area contributed by atoms with Crippen molar-refractivity contribution < 1.29 is 19.4 Å². The Bertz CT molecular complexity index is 1020. The topological polar surface area (TPSA) is 89.2 Å². The third kappa shape index (κ3) is 3.56. The quantitative estimate of drug-likeness (QED) is 0.640. The third-order valence-corrected chi connectivity index (χ3v) is 6.49.